The number of anilines is 1. The smallest absolute Gasteiger partial charge is 0.121 e. The van der Waals surface area contributed by atoms with Gasteiger partial charge in [-0.3, -0.25) is 0 Å². The fourth-order valence-corrected chi connectivity index (χ4v) is 2.89. The lowest BCUT2D eigenvalue weighted by atomic mass is 10.1. The summed E-state index contributed by atoms with van der Waals surface area (Å²) in [5, 5.41) is 9.59. The molecular formula is C22H20N4. The Labute approximate surface area is 153 Å². The molecule has 0 saturated carbocycles. The summed E-state index contributed by atoms with van der Waals surface area (Å²) in [4.78, 5) is 3.79. The summed E-state index contributed by atoms with van der Waals surface area (Å²) in [6, 6.07) is 28.6. The number of hydrogen-bond donors (Lipinski definition) is 0. The van der Waals surface area contributed by atoms with Gasteiger partial charge in [-0.05, 0) is 24.3 Å². The van der Waals surface area contributed by atoms with Crippen molar-refractivity contribution in [3.63, 3.8) is 0 Å². The molecule has 4 heteroatoms. The normalized spacial score (nSPS) is 10.7. The molecule has 26 heavy (non-hydrogen) atoms. The van der Waals surface area contributed by atoms with E-state index in [0.29, 0.717) is 0 Å². The number of benzene rings is 3. The van der Waals surface area contributed by atoms with Gasteiger partial charge >= 0.3 is 0 Å². The predicted molar refractivity (Wildman–Crippen MR) is 107 cm³/mol. The van der Waals surface area contributed by atoms with E-state index in [4.69, 9.17) is 10.2 Å². The standard InChI is InChI=1S/C22H20N4/c1-25(2)19-13-15-20(16-14-19)26-23-21(17-9-5-3-6-10-17)22(24-26)18-11-7-4-8-12-18/h3-16H,1-2H3. The van der Waals surface area contributed by atoms with Crippen LogP contribution in [0.3, 0.4) is 0 Å². The fourth-order valence-electron chi connectivity index (χ4n) is 2.89. The maximum atomic E-state index is 4.79. The first-order valence-corrected chi connectivity index (χ1v) is 8.58. The van der Waals surface area contributed by atoms with Gasteiger partial charge in [0.2, 0.25) is 0 Å². The molecule has 0 amide bonds. The molecule has 1 aromatic heterocycles. The summed E-state index contributed by atoms with van der Waals surface area (Å²) in [5.41, 5.74) is 5.97. The molecule has 0 saturated heterocycles. The second kappa shape index (κ2) is 6.84. The van der Waals surface area contributed by atoms with Gasteiger partial charge in [-0.25, -0.2) is 0 Å². The molecule has 0 bridgehead atoms. The second-order valence-corrected chi connectivity index (χ2v) is 6.33. The number of nitrogens with zero attached hydrogens (tertiary/aromatic N) is 4. The van der Waals surface area contributed by atoms with Crippen LogP contribution in [0.2, 0.25) is 0 Å². The lowest BCUT2D eigenvalue weighted by molar-refractivity contribution is 0.755. The zero-order valence-corrected chi connectivity index (χ0v) is 14.9. The highest BCUT2D eigenvalue weighted by atomic mass is 15.5. The van der Waals surface area contributed by atoms with Crippen molar-refractivity contribution in [2.75, 3.05) is 19.0 Å². The molecule has 0 fully saturated rings. The topological polar surface area (TPSA) is 34.0 Å². The lowest BCUT2D eigenvalue weighted by Crippen LogP contribution is -2.08. The number of hydrogen-bond acceptors (Lipinski definition) is 3. The van der Waals surface area contributed by atoms with Gasteiger partial charge in [-0.15, -0.1) is 10.2 Å². The zero-order valence-electron chi connectivity index (χ0n) is 14.9. The summed E-state index contributed by atoms with van der Waals surface area (Å²) in [6.07, 6.45) is 0. The Morgan fingerprint density at radius 2 is 1.08 bits per heavy atom. The summed E-state index contributed by atoms with van der Waals surface area (Å²) >= 11 is 0. The molecule has 0 atom stereocenters. The van der Waals surface area contributed by atoms with Gasteiger partial charge in [-0.1, -0.05) is 60.7 Å². The van der Waals surface area contributed by atoms with Crippen LogP contribution in [0, 0.1) is 0 Å². The largest absolute Gasteiger partial charge is 0.378 e. The van der Waals surface area contributed by atoms with Gasteiger partial charge in [0, 0.05) is 30.9 Å². The van der Waals surface area contributed by atoms with Crippen LogP contribution in [-0.4, -0.2) is 29.1 Å². The van der Waals surface area contributed by atoms with Gasteiger partial charge < -0.3 is 4.90 Å². The van der Waals surface area contributed by atoms with Crippen molar-refractivity contribution in [3.05, 3.63) is 84.9 Å². The highest BCUT2D eigenvalue weighted by Crippen LogP contribution is 2.29. The minimum absolute atomic E-state index is 0.883. The van der Waals surface area contributed by atoms with Crippen LogP contribution in [0.25, 0.3) is 28.2 Å². The van der Waals surface area contributed by atoms with E-state index in [2.05, 4.69) is 41.3 Å². The van der Waals surface area contributed by atoms with Crippen molar-refractivity contribution >= 4 is 5.69 Å². The Morgan fingerprint density at radius 1 is 0.615 bits per heavy atom. The SMILES string of the molecule is CN(C)c1ccc(-n2nc(-c3ccccc3)c(-c3ccccc3)n2)cc1. The van der Waals surface area contributed by atoms with Crippen LogP contribution < -0.4 is 4.90 Å². The Kier molecular flexibility index (Phi) is 4.23. The monoisotopic (exact) mass is 340 g/mol. The van der Waals surface area contributed by atoms with E-state index in [0.717, 1.165) is 33.9 Å². The van der Waals surface area contributed by atoms with Gasteiger partial charge in [0.05, 0.1) is 5.69 Å². The third kappa shape index (κ3) is 3.09. The van der Waals surface area contributed by atoms with Gasteiger partial charge in [0.1, 0.15) is 11.4 Å². The molecule has 0 aliphatic carbocycles. The summed E-state index contributed by atoms with van der Waals surface area (Å²) in [5.74, 6) is 0. The quantitative estimate of drug-likeness (QED) is 0.541. The van der Waals surface area contributed by atoms with Crippen molar-refractivity contribution < 1.29 is 0 Å². The van der Waals surface area contributed by atoms with E-state index in [9.17, 15) is 0 Å². The molecule has 0 aliphatic rings. The molecule has 4 rings (SSSR count). The molecule has 1 heterocycles. The van der Waals surface area contributed by atoms with Crippen LogP contribution >= 0.6 is 0 Å². The highest BCUT2D eigenvalue weighted by molar-refractivity contribution is 5.77. The Balaban J connectivity index is 1.83. The van der Waals surface area contributed by atoms with Crippen molar-refractivity contribution in [2.24, 2.45) is 0 Å². The molecule has 0 N–H and O–H groups in total. The summed E-state index contributed by atoms with van der Waals surface area (Å²) in [6.45, 7) is 0. The van der Waals surface area contributed by atoms with Crippen LogP contribution in [0.4, 0.5) is 5.69 Å². The first-order valence-electron chi connectivity index (χ1n) is 8.58. The van der Waals surface area contributed by atoms with E-state index < -0.39 is 0 Å². The highest BCUT2D eigenvalue weighted by Gasteiger charge is 2.15. The Morgan fingerprint density at radius 3 is 1.50 bits per heavy atom. The number of aromatic nitrogens is 3. The second-order valence-electron chi connectivity index (χ2n) is 6.33. The Hall–Kier alpha value is -3.40. The number of rotatable bonds is 4. The molecule has 3 aromatic carbocycles. The van der Waals surface area contributed by atoms with Crippen molar-refractivity contribution in [1.82, 2.24) is 15.0 Å². The van der Waals surface area contributed by atoms with Gasteiger partial charge in [0.25, 0.3) is 0 Å². The van der Waals surface area contributed by atoms with Gasteiger partial charge in [-0.2, -0.15) is 4.80 Å². The van der Waals surface area contributed by atoms with E-state index in [1.54, 1.807) is 4.80 Å². The molecule has 4 nitrogen and oxygen atoms in total. The van der Waals surface area contributed by atoms with Gasteiger partial charge in [0.15, 0.2) is 0 Å². The van der Waals surface area contributed by atoms with E-state index in [1.165, 1.54) is 0 Å². The van der Waals surface area contributed by atoms with E-state index in [-0.39, 0.29) is 0 Å². The average molecular weight is 340 g/mol. The lowest BCUT2D eigenvalue weighted by Gasteiger charge is -2.12. The van der Waals surface area contributed by atoms with E-state index in [1.807, 2.05) is 62.6 Å². The third-order valence-electron chi connectivity index (χ3n) is 4.31. The predicted octanol–water partition coefficient (Wildman–Crippen LogP) is 4.67. The fraction of sp³-hybridized carbons (Fsp3) is 0.0909. The minimum Gasteiger partial charge on any atom is -0.378 e. The first kappa shape index (κ1) is 16.1. The summed E-state index contributed by atoms with van der Waals surface area (Å²) < 4.78 is 0. The molecule has 0 unspecified atom stereocenters. The first-order chi connectivity index (χ1) is 12.7. The maximum absolute atomic E-state index is 4.79. The third-order valence-corrected chi connectivity index (χ3v) is 4.31. The Bertz CT molecular complexity index is 931. The molecule has 128 valence electrons. The van der Waals surface area contributed by atoms with Crippen LogP contribution in [0.15, 0.2) is 84.9 Å². The van der Waals surface area contributed by atoms with Crippen molar-refractivity contribution in [2.45, 2.75) is 0 Å². The van der Waals surface area contributed by atoms with Crippen LogP contribution in [0.1, 0.15) is 0 Å². The zero-order chi connectivity index (χ0) is 17.9. The van der Waals surface area contributed by atoms with Crippen LogP contribution in [0.5, 0.6) is 0 Å². The molecule has 0 radical (unpaired) electrons. The van der Waals surface area contributed by atoms with Crippen molar-refractivity contribution in [3.8, 4) is 28.2 Å². The minimum atomic E-state index is 0.883. The van der Waals surface area contributed by atoms with E-state index >= 15 is 0 Å². The molecule has 0 spiro atoms. The van der Waals surface area contributed by atoms with Crippen molar-refractivity contribution in [1.29, 1.82) is 0 Å². The average Bonchev–Trinajstić information content (AvgIpc) is 3.15. The maximum Gasteiger partial charge on any atom is 0.121 e. The van der Waals surface area contributed by atoms with Crippen LogP contribution in [-0.2, 0) is 0 Å². The molecular weight excluding hydrogens is 320 g/mol. The molecule has 0 aliphatic heterocycles. The molecule has 4 aromatic rings. The summed E-state index contributed by atoms with van der Waals surface area (Å²) in [7, 11) is 4.06.